The van der Waals surface area contributed by atoms with E-state index in [0.717, 1.165) is 44.7 Å². The smallest absolute Gasteiger partial charge is 0.228 e. The topological polar surface area (TPSA) is 154 Å². The SMILES string of the molecule is C/C(NC1CCN(C(=O)C2CNC2)CC1)=C(/N)c1cc(OC(CO)c2ccccn2)c2c(C#N)cnn2c1. The molecule has 1 unspecified atom stereocenters. The number of aliphatic hydroxyl groups excluding tert-OH is 1. The molecule has 11 heteroatoms. The Morgan fingerprint density at radius 1 is 1.37 bits per heavy atom. The van der Waals surface area contributed by atoms with E-state index in [9.17, 15) is 15.2 Å². The van der Waals surface area contributed by atoms with Gasteiger partial charge in [-0.3, -0.25) is 9.78 Å². The van der Waals surface area contributed by atoms with Gasteiger partial charge in [0.15, 0.2) is 6.10 Å². The van der Waals surface area contributed by atoms with Gasteiger partial charge in [-0.15, -0.1) is 0 Å². The van der Waals surface area contributed by atoms with E-state index >= 15 is 0 Å². The third kappa shape index (κ3) is 5.14. The Morgan fingerprint density at radius 2 is 2.16 bits per heavy atom. The number of piperidine rings is 1. The molecule has 5 rings (SSSR count). The van der Waals surface area contributed by atoms with Gasteiger partial charge in [0, 0.05) is 55.9 Å². The minimum absolute atomic E-state index is 0.120. The number of likely N-dealkylation sites (tertiary alicyclic amines) is 1. The second-order valence-electron chi connectivity index (χ2n) is 9.74. The summed E-state index contributed by atoms with van der Waals surface area (Å²) < 4.78 is 7.75. The Kier molecular flexibility index (Phi) is 7.44. The zero-order valence-electron chi connectivity index (χ0n) is 21.3. The molecule has 2 aliphatic heterocycles. The number of nitrogens with two attached hydrogens (primary N) is 1. The van der Waals surface area contributed by atoms with Crippen molar-refractivity contribution in [2.24, 2.45) is 11.7 Å². The molecule has 2 aliphatic rings. The molecule has 0 bridgehead atoms. The first kappa shape index (κ1) is 25.5. The van der Waals surface area contributed by atoms with Crippen molar-refractivity contribution in [1.82, 2.24) is 30.1 Å². The number of rotatable bonds is 8. The maximum Gasteiger partial charge on any atom is 0.228 e. The van der Waals surface area contributed by atoms with Gasteiger partial charge in [-0.05, 0) is 38.0 Å². The number of pyridine rings is 2. The van der Waals surface area contributed by atoms with Crippen molar-refractivity contribution in [3.63, 3.8) is 0 Å². The van der Waals surface area contributed by atoms with Crippen LogP contribution < -0.4 is 21.1 Å². The molecule has 2 fully saturated rings. The fourth-order valence-corrected chi connectivity index (χ4v) is 4.88. The van der Waals surface area contributed by atoms with E-state index in [1.165, 1.54) is 6.20 Å². The van der Waals surface area contributed by atoms with Crippen LogP contribution in [0.3, 0.4) is 0 Å². The van der Waals surface area contributed by atoms with Crippen LogP contribution in [0.1, 0.15) is 42.7 Å². The van der Waals surface area contributed by atoms with Crippen molar-refractivity contribution < 1.29 is 14.6 Å². The fourth-order valence-electron chi connectivity index (χ4n) is 4.88. The lowest BCUT2D eigenvalue weighted by Crippen LogP contribution is -2.54. The Bertz CT molecular complexity index is 1370. The second-order valence-corrected chi connectivity index (χ2v) is 9.74. The van der Waals surface area contributed by atoms with Gasteiger partial charge in [0.1, 0.15) is 22.9 Å². The Labute approximate surface area is 220 Å². The minimum atomic E-state index is -0.732. The van der Waals surface area contributed by atoms with Gasteiger partial charge in [-0.25, -0.2) is 4.52 Å². The van der Waals surface area contributed by atoms with E-state index in [1.807, 2.05) is 17.9 Å². The number of carbonyl (C=O) groups is 1. The highest BCUT2D eigenvalue weighted by Crippen LogP contribution is 2.31. The highest BCUT2D eigenvalue weighted by atomic mass is 16.5. The number of aromatic nitrogens is 3. The van der Waals surface area contributed by atoms with E-state index in [-0.39, 0.29) is 24.5 Å². The Hall–Kier alpha value is -4.14. The summed E-state index contributed by atoms with van der Waals surface area (Å²) in [5.41, 5.74) is 9.98. The predicted octanol–water partition coefficient (Wildman–Crippen LogP) is 1.16. The number of hydrogen-bond donors (Lipinski definition) is 4. The van der Waals surface area contributed by atoms with Gasteiger partial charge in [0.25, 0.3) is 0 Å². The van der Waals surface area contributed by atoms with E-state index in [1.54, 1.807) is 35.1 Å². The van der Waals surface area contributed by atoms with Crippen LogP contribution in [-0.2, 0) is 4.79 Å². The highest BCUT2D eigenvalue weighted by molar-refractivity contribution is 5.80. The van der Waals surface area contributed by atoms with Gasteiger partial charge >= 0.3 is 0 Å². The van der Waals surface area contributed by atoms with Crippen molar-refractivity contribution in [3.8, 4) is 11.8 Å². The fraction of sp³-hybridized carbons (Fsp3) is 0.407. The third-order valence-electron chi connectivity index (χ3n) is 7.22. The summed E-state index contributed by atoms with van der Waals surface area (Å²) in [4.78, 5) is 18.8. The van der Waals surface area contributed by atoms with Crippen molar-refractivity contribution in [2.45, 2.75) is 31.9 Å². The molecule has 1 atom stereocenters. The lowest BCUT2D eigenvalue weighted by atomic mass is 9.98. The number of nitrogens with zero attached hydrogens (tertiary/aromatic N) is 5. The lowest BCUT2D eigenvalue weighted by Gasteiger charge is -2.37. The van der Waals surface area contributed by atoms with Crippen LogP contribution in [0.25, 0.3) is 11.2 Å². The van der Waals surface area contributed by atoms with Crippen LogP contribution >= 0.6 is 0 Å². The summed E-state index contributed by atoms with van der Waals surface area (Å²) in [6, 6.07) is 9.49. The molecule has 0 aliphatic carbocycles. The monoisotopic (exact) mass is 516 g/mol. The van der Waals surface area contributed by atoms with Crippen molar-refractivity contribution in [3.05, 3.63) is 65.4 Å². The maximum atomic E-state index is 12.5. The first-order valence-corrected chi connectivity index (χ1v) is 12.8. The van der Waals surface area contributed by atoms with Crippen LogP contribution in [-0.4, -0.2) is 69.3 Å². The van der Waals surface area contributed by atoms with E-state index < -0.39 is 6.10 Å². The van der Waals surface area contributed by atoms with Crippen molar-refractivity contribution >= 4 is 17.1 Å². The van der Waals surface area contributed by atoms with Crippen molar-refractivity contribution in [2.75, 3.05) is 32.8 Å². The zero-order chi connectivity index (χ0) is 26.6. The molecule has 11 nitrogen and oxygen atoms in total. The normalized spacial score (nSPS) is 17.9. The average Bonchev–Trinajstić information content (AvgIpc) is 3.34. The number of fused-ring (bicyclic) bond motifs is 1. The first-order valence-electron chi connectivity index (χ1n) is 12.8. The number of aliphatic hydroxyl groups is 1. The van der Waals surface area contributed by atoms with Crippen LogP contribution in [0.15, 0.2) is 48.6 Å². The molecule has 3 aromatic rings. The third-order valence-corrected chi connectivity index (χ3v) is 7.22. The first-order chi connectivity index (χ1) is 18.5. The molecule has 198 valence electrons. The zero-order valence-corrected chi connectivity index (χ0v) is 21.3. The summed E-state index contributed by atoms with van der Waals surface area (Å²) >= 11 is 0. The number of hydrogen-bond acceptors (Lipinski definition) is 9. The average molecular weight is 517 g/mol. The largest absolute Gasteiger partial charge is 0.479 e. The molecule has 0 aromatic carbocycles. The molecule has 1 amide bonds. The van der Waals surface area contributed by atoms with Crippen LogP contribution in [0, 0.1) is 17.2 Å². The number of nitrogens with one attached hydrogen (secondary N) is 2. The summed E-state index contributed by atoms with van der Waals surface area (Å²) in [6.45, 7) is 4.63. The quantitative estimate of drug-likeness (QED) is 0.345. The van der Waals surface area contributed by atoms with Gasteiger partial charge in [0.2, 0.25) is 5.91 Å². The minimum Gasteiger partial charge on any atom is -0.479 e. The Morgan fingerprint density at radius 3 is 2.79 bits per heavy atom. The van der Waals surface area contributed by atoms with E-state index in [0.29, 0.717) is 33.8 Å². The Balaban J connectivity index is 1.36. The van der Waals surface area contributed by atoms with Crippen molar-refractivity contribution in [1.29, 1.82) is 5.26 Å². The molecule has 3 aromatic heterocycles. The molecule has 0 radical (unpaired) electrons. The van der Waals surface area contributed by atoms with Crippen LogP contribution in [0.5, 0.6) is 5.75 Å². The van der Waals surface area contributed by atoms with Crippen LogP contribution in [0.2, 0.25) is 0 Å². The molecule has 0 saturated carbocycles. The van der Waals surface area contributed by atoms with E-state index in [2.05, 4.69) is 26.8 Å². The second kappa shape index (κ2) is 11.1. The summed E-state index contributed by atoms with van der Waals surface area (Å²) in [5.74, 6) is 0.738. The standard InChI is InChI=1S/C27H32N8O3/c1-17(33-21-5-8-34(9-6-21)27(37)20-12-30-13-20)25(29)18-10-23(26-19(11-28)14-32-35(26)15-18)38-24(16-36)22-4-2-3-7-31-22/h2-4,7,10,14-15,20-21,24,30,33,36H,5-6,8-9,12-13,16,29H2,1H3/b25-17-. The molecule has 0 spiro atoms. The van der Waals surface area contributed by atoms with Gasteiger partial charge in [-0.1, -0.05) is 6.07 Å². The molecular weight excluding hydrogens is 484 g/mol. The van der Waals surface area contributed by atoms with E-state index in [4.69, 9.17) is 10.5 Å². The summed E-state index contributed by atoms with van der Waals surface area (Å²) in [5, 5.41) is 30.6. The number of nitriles is 1. The molecule has 5 N–H and O–H groups in total. The predicted molar refractivity (Wildman–Crippen MR) is 140 cm³/mol. The lowest BCUT2D eigenvalue weighted by molar-refractivity contribution is -0.138. The molecular formula is C27H32N8O3. The van der Waals surface area contributed by atoms with Gasteiger partial charge in [0.05, 0.1) is 30.1 Å². The molecule has 38 heavy (non-hydrogen) atoms. The van der Waals surface area contributed by atoms with Gasteiger partial charge < -0.3 is 31.1 Å². The molecule has 2 saturated heterocycles. The van der Waals surface area contributed by atoms with Gasteiger partial charge in [-0.2, -0.15) is 10.4 Å². The highest BCUT2D eigenvalue weighted by Gasteiger charge is 2.31. The van der Waals surface area contributed by atoms with Crippen LogP contribution in [0.4, 0.5) is 0 Å². The number of amides is 1. The summed E-state index contributed by atoms with van der Waals surface area (Å²) in [6.07, 6.45) is 5.82. The number of carbonyl (C=O) groups excluding carboxylic acids is 1. The number of allylic oxidation sites excluding steroid dienone is 1. The maximum absolute atomic E-state index is 12.5. The number of ether oxygens (including phenoxy) is 1. The summed E-state index contributed by atoms with van der Waals surface area (Å²) in [7, 11) is 0. The molecule has 5 heterocycles.